The first-order valence-corrected chi connectivity index (χ1v) is 13.0. The first kappa shape index (κ1) is 23.8. The molecule has 3 amide bonds. The van der Waals surface area contributed by atoms with E-state index in [-0.39, 0.29) is 30.3 Å². The SMILES string of the molecule is C=CC(=O)N1CC(NC(=O)Cn2cc(C(=O)NCCN3CCSCC3)c3cc(Br)ccc32)C1. The lowest BCUT2D eigenvalue weighted by Crippen LogP contribution is -2.61. The van der Waals surface area contributed by atoms with E-state index in [1.165, 1.54) is 6.08 Å². The molecule has 0 atom stereocenters. The van der Waals surface area contributed by atoms with E-state index in [9.17, 15) is 14.4 Å². The summed E-state index contributed by atoms with van der Waals surface area (Å²) in [6, 6.07) is 5.65. The van der Waals surface area contributed by atoms with E-state index >= 15 is 0 Å². The van der Waals surface area contributed by atoms with Crippen molar-refractivity contribution < 1.29 is 14.4 Å². The molecule has 0 bridgehead atoms. The number of hydrogen-bond acceptors (Lipinski definition) is 5. The molecule has 33 heavy (non-hydrogen) atoms. The van der Waals surface area contributed by atoms with E-state index in [1.54, 1.807) is 15.7 Å². The number of hydrogen-bond donors (Lipinski definition) is 2. The number of benzene rings is 1. The maximum Gasteiger partial charge on any atom is 0.253 e. The van der Waals surface area contributed by atoms with Crippen molar-refractivity contribution in [2.45, 2.75) is 12.6 Å². The Bertz CT molecular complexity index is 1060. The Morgan fingerprint density at radius 1 is 1.21 bits per heavy atom. The second-order valence-corrected chi connectivity index (χ2v) is 10.4. The molecular weight excluding hydrogens is 506 g/mol. The fourth-order valence-electron chi connectivity index (χ4n) is 4.14. The zero-order valence-corrected chi connectivity index (χ0v) is 20.8. The van der Waals surface area contributed by atoms with Crippen LogP contribution in [0.15, 0.2) is 41.5 Å². The number of carbonyl (C=O) groups excluding carboxylic acids is 3. The molecule has 10 heteroatoms. The van der Waals surface area contributed by atoms with E-state index < -0.39 is 0 Å². The van der Waals surface area contributed by atoms with Gasteiger partial charge in [0.2, 0.25) is 11.8 Å². The van der Waals surface area contributed by atoms with Gasteiger partial charge in [0.05, 0.1) is 11.6 Å². The van der Waals surface area contributed by atoms with Gasteiger partial charge in [-0.2, -0.15) is 11.8 Å². The van der Waals surface area contributed by atoms with E-state index in [0.29, 0.717) is 25.2 Å². The Morgan fingerprint density at radius 2 is 1.97 bits per heavy atom. The lowest BCUT2D eigenvalue weighted by atomic mass is 10.1. The lowest BCUT2D eigenvalue weighted by Gasteiger charge is -2.38. The fourth-order valence-corrected chi connectivity index (χ4v) is 5.48. The summed E-state index contributed by atoms with van der Waals surface area (Å²) in [6.07, 6.45) is 3.03. The zero-order valence-electron chi connectivity index (χ0n) is 18.4. The molecule has 1 aromatic carbocycles. The summed E-state index contributed by atoms with van der Waals surface area (Å²) in [7, 11) is 0. The predicted molar refractivity (Wildman–Crippen MR) is 134 cm³/mol. The lowest BCUT2D eigenvalue weighted by molar-refractivity contribution is -0.133. The third kappa shape index (κ3) is 5.80. The molecule has 2 aliphatic rings. The Balaban J connectivity index is 1.39. The number of thioether (sulfide) groups is 1. The highest BCUT2D eigenvalue weighted by Crippen LogP contribution is 2.25. The molecule has 0 saturated carbocycles. The van der Waals surface area contributed by atoms with Crippen LogP contribution in [-0.4, -0.2) is 88.9 Å². The molecule has 0 unspecified atom stereocenters. The number of fused-ring (bicyclic) bond motifs is 1. The minimum atomic E-state index is -0.152. The van der Waals surface area contributed by atoms with Gasteiger partial charge in [-0.25, -0.2) is 0 Å². The largest absolute Gasteiger partial charge is 0.351 e. The van der Waals surface area contributed by atoms with Gasteiger partial charge in [-0.1, -0.05) is 22.5 Å². The van der Waals surface area contributed by atoms with Crippen LogP contribution >= 0.6 is 27.7 Å². The molecule has 8 nitrogen and oxygen atoms in total. The molecule has 2 aromatic rings. The minimum absolute atomic E-state index is 0.0617. The van der Waals surface area contributed by atoms with Crippen LogP contribution < -0.4 is 10.6 Å². The Morgan fingerprint density at radius 3 is 2.70 bits per heavy atom. The van der Waals surface area contributed by atoms with Crippen LogP contribution in [0, 0.1) is 0 Å². The Kier molecular flexibility index (Phi) is 7.77. The number of likely N-dealkylation sites (tertiary alicyclic amines) is 1. The summed E-state index contributed by atoms with van der Waals surface area (Å²) in [5.41, 5.74) is 1.38. The summed E-state index contributed by atoms with van der Waals surface area (Å²) >= 11 is 5.45. The van der Waals surface area contributed by atoms with Crippen molar-refractivity contribution in [3.63, 3.8) is 0 Å². The third-order valence-corrected chi connectivity index (χ3v) is 7.39. The smallest absolute Gasteiger partial charge is 0.253 e. The number of nitrogens with one attached hydrogen (secondary N) is 2. The molecule has 0 aliphatic carbocycles. The van der Waals surface area contributed by atoms with Gasteiger partial charge >= 0.3 is 0 Å². The number of nitrogens with zero attached hydrogens (tertiary/aromatic N) is 3. The first-order chi connectivity index (χ1) is 15.9. The molecule has 4 rings (SSSR count). The van der Waals surface area contributed by atoms with Gasteiger partial charge in [-0.15, -0.1) is 0 Å². The number of carbonyl (C=O) groups is 3. The highest BCUT2D eigenvalue weighted by molar-refractivity contribution is 9.10. The summed E-state index contributed by atoms with van der Waals surface area (Å²) in [5, 5.41) is 6.79. The van der Waals surface area contributed by atoms with E-state index in [1.807, 2.05) is 30.0 Å². The van der Waals surface area contributed by atoms with Gasteiger partial charge in [0.15, 0.2) is 0 Å². The molecular formula is C23H28BrN5O3S. The Hall–Kier alpha value is -2.30. The molecule has 1 aromatic heterocycles. The number of rotatable bonds is 8. The molecule has 176 valence electrons. The van der Waals surface area contributed by atoms with Crippen LogP contribution in [0.3, 0.4) is 0 Å². The second kappa shape index (κ2) is 10.8. The minimum Gasteiger partial charge on any atom is -0.351 e. The topological polar surface area (TPSA) is 86.7 Å². The molecule has 2 saturated heterocycles. The summed E-state index contributed by atoms with van der Waals surface area (Å²) in [4.78, 5) is 41.2. The van der Waals surface area contributed by atoms with E-state index in [0.717, 1.165) is 46.5 Å². The van der Waals surface area contributed by atoms with Crippen LogP contribution in [0.5, 0.6) is 0 Å². The molecule has 3 heterocycles. The normalized spacial score (nSPS) is 16.9. The van der Waals surface area contributed by atoms with Crippen LogP contribution in [-0.2, 0) is 16.1 Å². The highest BCUT2D eigenvalue weighted by atomic mass is 79.9. The van der Waals surface area contributed by atoms with Crippen molar-refractivity contribution in [2.24, 2.45) is 0 Å². The zero-order chi connectivity index (χ0) is 23.4. The van der Waals surface area contributed by atoms with Crippen LogP contribution in [0.1, 0.15) is 10.4 Å². The van der Waals surface area contributed by atoms with Crippen LogP contribution in [0.4, 0.5) is 0 Å². The van der Waals surface area contributed by atoms with Gasteiger partial charge in [-0.3, -0.25) is 19.3 Å². The summed E-state index contributed by atoms with van der Waals surface area (Å²) < 4.78 is 2.68. The van der Waals surface area contributed by atoms with Crippen molar-refractivity contribution in [1.29, 1.82) is 0 Å². The van der Waals surface area contributed by atoms with Crippen molar-refractivity contribution >= 4 is 56.3 Å². The predicted octanol–water partition coefficient (Wildman–Crippen LogP) is 1.70. The summed E-state index contributed by atoms with van der Waals surface area (Å²) in [6.45, 7) is 8.09. The second-order valence-electron chi connectivity index (χ2n) is 8.25. The fraction of sp³-hybridized carbons (Fsp3) is 0.435. The molecule has 0 radical (unpaired) electrons. The third-order valence-electron chi connectivity index (χ3n) is 5.95. The first-order valence-electron chi connectivity index (χ1n) is 11.0. The van der Waals surface area contributed by atoms with Gasteiger partial charge in [0, 0.05) is 72.3 Å². The van der Waals surface area contributed by atoms with Crippen molar-refractivity contribution in [3.05, 3.63) is 47.1 Å². The molecule has 0 spiro atoms. The Labute approximate surface area is 205 Å². The molecule has 2 fully saturated rings. The number of amides is 3. The van der Waals surface area contributed by atoms with Crippen molar-refractivity contribution in [2.75, 3.05) is 50.8 Å². The van der Waals surface area contributed by atoms with Gasteiger partial charge in [0.1, 0.15) is 6.54 Å². The van der Waals surface area contributed by atoms with Crippen molar-refractivity contribution in [1.82, 2.24) is 25.0 Å². The summed E-state index contributed by atoms with van der Waals surface area (Å²) in [5.74, 6) is 1.86. The standard InChI is InChI=1S/C23H28BrN5O3S/c1-2-22(31)29-12-17(13-29)26-21(30)15-28-14-19(18-11-16(24)3-4-20(18)28)23(32)25-5-6-27-7-9-33-10-8-27/h2-4,11,14,17H,1,5-10,12-13,15H2,(H,25,32)(H,26,30). The molecule has 2 aliphatic heterocycles. The van der Waals surface area contributed by atoms with Crippen molar-refractivity contribution in [3.8, 4) is 0 Å². The average molecular weight is 534 g/mol. The monoisotopic (exact) mass is 533 g/mol. The number of aromatic nitrogens is 1. The highest BCUT2D eigenvalue weighted by Gasteiger charge is 2.30. The van der Waals surface area contributed by atoms with Crippen LogP contribution in [0.2, 0.25) is 0 Å². The average Bonchev–Trinajstić information content (AvgIpc) is 3.13. The van der Waals surface area contributed by atoms with E-state index in [2.05, 4.69) is 38.0 Å². The van der Waals surface area contributed by atoms with Crippen LogP contribution in [0.25, 0.3) is 10.9 Å². The maximum absolute atomic E-state index is 13.0. The van der Waals surface area contributed by atoms with Gasteiger partial charge in [-0.05, 0) is 24.3 Å². The van der Waals surface area contributed by atoms with Gasteiger partial charge in [0.25, 0.3) is 5.91 Å². The number of halogens is 1. The van der Waals surface area contributed by atoms with Gasteiger partial charge < -0.3 is 20.1 Å². The van der Waals surface area contributed by atoms with E-state index in [4.69, 9.17) is 0 Å². The maximum atomic E-state index is 13.0. The molecule has 2 N–H and O–H groups in total. The quantitative estimate of drug-likeness (QED) is 0.504.